The van der Waals surface area contributed by atoms with E-state index in [4.69, 9.17) is 15.8 Å². The first kappa shape index (κ1) is 25.4. The summed E-state index contributed by atoms with van der Waals surface area (Å²) >= 11 is 6.35. The third-order valence-corrected chi connectivity index (χ3v) is 8.90. The summed E-state index contributed by atoms with van der Waals surface area (Å²) in [6, 6.07) is 28.4. The van der Waals surface area contributed by atoms with E-state index in [1.54, 1.807) is 30.5 Å². The van der Waals surface area contributed by atoms with Crippen LogP contribution in [0.25, 0.3) is 0 Å². The van der Waals surface area contributed by atoms with Crippen molar-refractivity contribution < 1.29 is 12.6 Å². The predicted octanol–water partition coefficient (Wildman–Crippen LogP) is 7.99. The Morgan fingerprint density at radius 2 is 1.74 bits per heavy atom. The maximum Gasteiger partial charge on any atom is 0.339 e. The average Bonchev–Trinajstić information content (AvgIpc) is 3.44. The number of aryl methyl sites for hydroxylation is 1. The Hall–Kier alpha value is -3.87. The molecule has 5 nitrogen and oxygen atoms in total. The van der Waals surface area contributed by atoms with Gasteiger partial charge in [-0.15, -0.1) is 0 Å². The van der Waals surface area contributed by atoms with Crippen molar-refractivity contribution in [2.24, 2.45) is 10.9 Å². The molecule has 4 aromatic rings. The lowest BCUT2D eigenvalue weighted by Crippen LogP contribution is -2.28. The van der Waals surface area contributed by atoms with Gasteiger partial charge in [0.05, 0.1) is 16.8 Å². The highest BCUT2D eigenvalue weighted by Gasteiger charge is 2.37. The maximum absolute atomic E-state index is 12.6. The van der Waals surface area contributed by atoms with Crippen LogP contribution in [0.5, 0.6) is 5.75 Å². The second-order valence-electron chi connectivity index (χ2n) is 9.95. The second-order valence-corrected chi connectivity index (χ2v) is 11.9. The molecule has 6 rings (SSSR count). The number of allylic oxidation sites excluding steroid dienone is 2. The van der Waals surface area contributed by atoms with Crippen molar-refractivity contribution in [3.8, 4) is 5.75 Å². The first-order valence-electron chi connectivity index (χ1n) is 12.8. The average molecular weight is 555 g/mol. The standard InChI is InChI=1S/C32H27ClN2O3S/c1-21-9-16-25(17-10-21)39(36,37)38-31-18-11-22(19-29(31)33)20-34-24-14-12-23(13-15-24)32-28-7-4-6-26(28)27-5-2-3-8-30(27)35-32/h2-6,8-20,26,28,32,35H,7H2,1H3/t26-,28-,32+/m1/s1. The molecule has 0 saturated carbocycles. The summed E-state index contributed by atoms with van der Waals surface area (Å²) in [5.41, 5.74) is 6.32. The first-order valence-corrected chi connectivity index (χ1v) is 14.6. The van der Waals surface area contributed by atoms with E-state index >= 15 is 0 Å². The van der Waals surface area contributed by atoms with Gasteiger partial charge in [0.15, 0.2) is 5.75 Å². The van der Waals surface area contributed by atoms with Crippen LogP contribution >= 0.6 is 11.6 Å². The van der Waals surface area contributed by atoms with Gasteiger partial charge in [-0.05, 0) is 84.5 Å². The summed E-state index contributed by atoms with van der Waals surface area (Å²) in [6.45, 7) is 1.89. The van der Waals surface area contributed by atoms with Gasteiger partial charge in [0.25, 0.3) is 0 Å². The fourth-order valence-electron chi connectivity index (χ4n) is 5.33. The molecule has 0 amide bonds. The molecular weight excluding hydrogens is 528 g/mol. The normalized spacial score (nSPS) is 19.9. The first-order chi connectivity index (χ1) is 18.9. The molecule has 1 aliphatic heterocycles. The Balaban J connectivity index is 1.15. The number of nitrogens with one attached hydrogen (secondary N) is 1. The number of aliphatic imine (C=N–C) groups is 1. The third kappa shape index (κ3) is 5.22. The van der Waals surface area contributed by atoms with Crippen LogP contribution in [0.2, 0.25) is 5.02 Å². The van der Waals surface area contributed by atoms with E-state index in [9.17, 15) is 8.42 Å². The zero-order chi connectivity index (χ0) is 27.0. The summed E-state index contributed by atoms with van der Waals surface area (Å²) in [5.74, 6) is 1.00. The number of hydrogen-bond donors (Lipinski definition) is 1. The Labute approximate surface area is 234 Å². The lowest BCUT2D eigenvalue weighted by Gasteiger charge is -2.37. The molecule has 1 N–H and O–H groups in total. The van der Waals surface area contributed by atoms with Gasteiger partial charge < -0.3 is 9.50 Å². The quantitative estimate of drug-likeness (QED) is 0.149. The lowest BCUT2D eigenvalue weighted by atomic mass is 9.77. The Morgan fingerprint density at radius 1 is 0.974 bits per heavy atom. The van der Waals surface area contributed by atoms with Crippen molar-refractivity contribution in [3.05, 3.63) is 130 Å². The van der Waals surface area contributed by atoms with E-state index in [1.165, 1.54) is 35.0 Å². The smallest absolute Gasteiger partial charge is 0.339 e. The monoisotopic (exact) mass is 554 g/mol. The van der Waals surface area contributed by atoms with Crippen LogP contribution in [0, 0.1) is 12.8 Å². The molecule has 0 bridgehead atoms. The second kappa shape index (κ2) is 10.4. The van der Waals surface area contributed by atoms with E-state index < -0.39 is 10.1 Å². The molecule has 196 valence electrons. The fourth-order valence-corrected chi connectivity index (χ4v) is 6.55. The summed E-state index contributed by atoms with van der Waals surface area (Å²) in [7, 11) is -3.98. The summed E-state index contributed by atoms with van der Waals surface area (Å²) < 4.78 is 30.5. The molecule has 1 aliphatic carbocycles. The van der Waals surface area contributed by atoms with Crippen LogP contribution in [-0.2, 0) is 10.1 Å². The molecule has 2 aliphatic rings. The van der Waals surface area contributed by atoms with Crippen molar-refractivity contribution >= 4 is 39.3 Å². The minimum Gasteiger partial charge on any atom is -0.378 e. The molecule has 0 fully saturated rings. The SMILES string of the molecule is Cc1ccc(S(=O)(=O)Oc2ccc(C=Nc3ccc([C@@H]4Nc5ccccc5[C@H]5C=CC[C@H]54)cc3)cc2Cl)cc1. The van der Waals surface area contributed by atoms with E-state index in [0.29, 0.717) is 11.8 Å². The van der Waals surface area contributed by atoms with Gasteiger partial charge in [-0.3, -0.25) is 4.99 Å². The van der Waals surface area contributed by atoms with Crippen molar-refractivity contribution in [3.63, 3.8) is 0 Å². The minimum absolute atomic E-state index is 0.0695. The van der Waals surface area contributed by atoms with Crippen molar-refractivity contribution in [2.45, 2.75) is 30.2 Å². The highest BCUT2D eigenvalue weighted by Crippen LogP contribution is 2.49. The van der Waals surface area contributed by atoms with Crippen LogP contribution in [0.4, 0.5) is 11.4 Å². The Morgan fingerprint density at radius 3 is 2.51 bits per heavy atom. The molecule has 0 saturated heterocycles. The zero-order valence-electron chi connectivity index (χ0n) is 21.3. The largest absolute Gasteiger partial charge is 0.378 e. The van der Waals surface area contributed by atoms with Gasteiger partial charge in [0.1, 0.15) is 4.90 Å². The van der Waals surface area contributed by atoms with Gasteiger partial charge in [0, 0.05) is 17.8 Å². The molecular formula is C32H27ClN2O3S. The van der Waals surface area contributed by atoms with E-state index in [0.717, 1.165) is 23.2 Å². The Kier molecular flexibility index (Phi) is 6.75. The van der Waals surface area contributed by atoms with Gasteiger partial charge in [-0.2, -0.15) is 8.42 Å². The lowest BCUT2D eigenvalue weighted by molar-refractivity contribution is 0.425. The van der Waals surface area contributed by atoms with Crippen LogP contribution in [0.15, 0.2) is 113 Å². The number of fused-ring (bicyclic) bond motifs is 3. The molecule has 0 spiro atoms. The minimum atomic E-state index is -3.98. The number of halogens is 1. The van der Waals surface area contributed by atoms with Crippen LogP contribution in [0.3, 0.4) is 0 Å². The van der Waals surface area contributed by atoms with E-state index in [2.05, 4.69) is 58.9 Å². The molecule has 1 heterocycles. The van der Waals surface area contributed by atoms with Crippen molar-refractivity contribution in [1.82, 2.24) is 0 Å². The maximum atomic E-state index is 12.6. The highest BCUT2D eigenvalue weighted by atomic mass is 35.5. The number of benzene rings is 4. The van der Waals surface area contributed by atoms with Gasteiger partial charge in [0.2, 0.25) is 0 Å². The third-order valence-electron chi connectivity index (χ3n) is 7.35. The fraction of sp³-hybridized carbons (Fsp3) is 0.156. The molecule has 3 atom stereocenters. The van der Waals surface area contributed by atoms with Crippen LogP contribution < -0.4 is 9.50 Å². The number of nitrogens with zero attached hydrogens (tertiary/aromatic N) is 1. The zero-order valence-corrected chi connectivity index (χ0v) is 22.9. The Bertz CT molecular complexity index is 1680. The predicted molar refractivity (Wildman–Crippen MR) is 157 cm³/mol. The van der Waals surface area contributed by atoms with Gasteiger partial charge in [-0.25, -0.2) is 0 Å². The number of hydrogen-bond acceptors (Lipinski definition) is 5. The van der Waals surface area contributed by atoms with Crippen molar-refractivity contribution in [2.75, 3.05) is 5.32 Å². The number of rotatable bonds is 6. The van der Waals surface area contributed by atoms with Crippen molar-refractivity contribution in [1.29, 1.82) is 0 Å². The van der Waals surface area contributed by atoms with Gasteiger partial charge >= 0.3 is 10.1 Å². The topological polar surface area (TPSA) is 67.8 Å². The summed E-state index contributed by atoms with van der Waals surface area (Å²) in [4.78, 5) is 4.67. The van der Waals surface area contributed by atoms with Gasteiger partial charge in [-0.1, -0.05) is 71.8 Å². The van der Waals surface area contributed by atoms with E-state index in [1.807, 2.05) is 19.1 Å². The molecule has 4 aromatic carbocycles. The van der Waals surface area contributed by atoms with E-state index in [-0.39, 0.29) is 21.7 Å². The molecule has 39 heavy (non-hydrogen) atoms. The van der Waals surface area contributed by atoms with Crippen LogP contribution in [0.1, 0.15) is 40.6 Å². The molecule has 0 aromatic heterocycles. The summed E-state index contributed by atoms with van der Waals surface area (Å²) in [5, 5.41) is 3.94. The highest BCUT2D eigenvalue weighted by molar-refractivity contribution is 7.87. The molecule has 0 radical (unpaired) electrons. The molecule has 7 heteroatoms. The van der Waals surface area contributed by atoms with Crippen LogP contribution in [-0.4, -0.2) is 14.6 Å². The molecule has 0 unspecified atom stereocenters. The summed E-state index contributed by atoms with van der Waals surface area (Å²) in [6.07, 6.45) is 7.40. The number of anilines is 1. The number of para-hydroxylation sites is 1.